The monoisotopic (exact) mass is 111 g/mol. The van der Waals surface area contributed by atoms with Crippen molar-refractivity contribution in [1.29, 1.82) is 0 Å². The highest BCUT2D eigenvalue weighted by atomic mass is 15.5. The van der Waals surface area contributed by atoms with E-state index in [0.717, 1.165) is 6.54 Å². The molecule has 0 saturated carbocycles. The van der Waals surface area contributed by atoms with Crippen LogP contribution in [0.25, 0.3) is 0 Å². The van der Waals surface area contributed by atoms with Gasteiger partial charge in [0.05, 0.1) is 0 Å². The molecule has 0 amide bonds. The Kier molecular flexibility index (Phi) is 1.51. The van der Waals surface area contributed by atoms with Crippen molar-refractivity contribution in [3.63, 3.8) is 0 Å². The van der Waals surface area contributed by atoms with Crippen LogP contribution in [0.5, 0.6) is 0 Å². The van der Waals surface area contributed by atoms with Gasteiger partial charge in [0.25, 0.3) is 0 Å². The fourth-order valence-corrected chi connectivity index (χ4v) is 0.509. The summed E-state index contributed by atoms with van der Waals surface area (Å²) < 4.78 is 0. The molecule has 1 N–H and O–H groups in total. The number of hydrogen-bond acceptors (Lipinski definition) is 3. The third-order valence-corrected chi connectivity index (χ3v) is 0.971. The molecule has 0 bridgehead atoms. The molecule has 0 atom stereocenters. The molecule has 3 nitrogen and oxygen atoms in total. The summed E-state index contributed by atoms with van der Waals surface area (Å²) in [5.41, 5.74) is 2.92. The van der Waals surface area contributed by atoms with Crippen LogP contribution in [0.15, 0.2) is 17.4 Å². The van der Waals surface area contributed by atoms with Gasteiger partial charge in [-0.1, -0.05) is 0 Å². The first-order valence-corrected chi connectivity index (χ1v) is 2.64. The summed E-state index contributed by atoms with van der Waals surface area (Å²) in [7, 11) is 0. The van der Waals surface area contributed by atoms with Crippen molar-refractivity contribution in [3.05, 3.63) is 12.4 Å². The van der Waals surface area contributed by atoms with Crippen LogP contribution in [-0.2, 0) is 0 Å². The molecule has 0 unspecified atom stereocenters. The predicted octanol–water partition coefficient (Wildman–Crippen LogP) is 0.326. The number of hydrazine groups is 1. The van der Waals surface area contributed by atoms with Gasteiger partial charge in [-0.3, -0.25) is 10.4 Å². The standard InChI is InChI=1S/C5H9N3/c1-2-8-4-3-6-5-7-8/h3-5H,2H2,1H3,(H,6,7). The van der Waals surface area contributed by atoms with Crippen LogP contribution in [-0.4, -0.2) is 17.9 Å². The second-order valence-corrected chi connectivity index (χ2v) is 1.49. The van der Waals surface area contributed by atoms with Crippen LogP contribution in [0.2, 0.25) is 0 Å². The van der Waals surface area contributed by atoms with Crippen LogP contribution in [0, 0.1) is 0 Å². The molecule has 44 valence electrons. The summed E-state index contributed by atoms with van der Waals surface area (Å²) in [6.45, 7) is 3.03. The average molecular weight is 111 g/mol. The molecular weight excluding hydrogens is 102 g/mol. The van der Waals surface area contributed by atoms with Crippen molar-refractivity contribution in [2.75, 3.05) is 6.54 Å². The van der Waals surface area contributed by atoms with E-state index >= 15 is 0 Å². The van der Waals surface area contributed by atoms with E-state index < -0.39 is 0 Å². The molecule has 0 radical (unpaired) electrons. The van der Waals surface area contributed by atoms with Crippen LogP contribution >= 0.6 is 0 Å². The van der Waals surface area contributed by atoms with Crippen LogP contribution in [0.1, 0.15) is 6.92 Å². The van der Waals surface area contributed by atoms with Crippen molar-refractivity contribution in [2.24, 2.45) is 4.99 Å². The summed E-state index contributed by atoms with van der Waals surface area (Å²) >= 11 is 0. The van der Waals surface area contributed by atoms with Crippen LogP contribution < -0.4 is 5.43 Å². The highest BCUT2D eigenvalue weighted by molar-refractivity contribution is 5.55. The normalized spacial score (nSPS) is 16.4. The summed E-state index contributed by atoms with van der Waals surface area (Å²) in [5.74, 6) is 0. The first kappa shape index (κ1) is 5.15. The van der Waals surface area contributed by atoms with E-state index in [1.165, 1.54) is 0 Å². The smallest absolute Gasteiger partial charge is 0.107 e. The second-order valence-electron chi connectivity index (χ2n) is 1.49. The largest absolute Gasteiger partial charge is 0.293 e. The lowest BCUT2D eigenvalue weighted by Gasteiger charge is -2.18. The Hall–Kier alpha value is -0.990. The first-order valence-electron chi connectivity index (χ1n) is 2.64. The molecule has 1 aliphatic heterocycles. The maximum Gasteiger partial charge on any atom is 0.107 e. The zero-order chi connectivity index (χ0) is 5.82. The molecular formula is C5H9N3. The Morgan fingerprint density at radius 3 is 3.00 bits per heavy atom. The van der Waals surface area contributed by atoms with Crippen LogP contribution in [0.3, 0.4) is 0 Å². The van der Waals surface area contributed by atoms with Crippen LogP contribution in [0.4, 0.5) is 0 Å². The quantitative estimate of drug-likeness (QED) is 0.528. The average Bonchev–Trinajstić information content (AvgIpc) is 1.90. The molecule has 0 spiro atoms. The summed E-state index contributed by atoms with van der Waals surface area (Å²) in [4.78, 5) is 3.82. The van der Waals surface area contributed by atoms with E-state index in [1.807, 2.05) is 11.2 Å². The Balaban J connectivity index is 2.40. The van der Waals surface area contributed by atoms with E-state index in [4.69, 9.17) is 0 Å². The van der Waals surface area contributed by atoms with Gasteiger partial charge in [0.15, 0.2) is 0 Å². The van der Waals surface area contributed by atoms with Gasteiger partial charge in [-0.05, 0) is 6.92 Å². The highest BCUT2D eigenvalue weighted by Gasteiger charge is 1.90. The molecule has 0 fully saturated rings. The van der Waals surface area contributed by atoms with Gasteiger partial charge < -0.3 is 0 Å². The van der Waals surface area contributed by atoms with Gasteiger partial charge >= 0.3 is 0 Å². The summed E-state index contributed by atoms with van der Waals surface area (Å²) in [6.07, 6.45) is 5.30. The SMILES string of the molecule is CCN1C=CN=CN1. The fourth-order valence-electron chi connectivity index (χ4n) is 0.509. The number of rotatable bonds is 1. The van der Waals surface area contributed by atoms with Gasteiger partial charge in [0.2, 0.25) is 0 Å². The Bertz CT molecular complexity index is 117. The third-order valence-electron chi connectivity index (χ3n) is 0.971. The number of nitrogens with zero attached hydrogens (tertiary/aromatic N) is 2. The van der Waals surface area contributed by atoms with Gasteiger partial charge in [0, 0.05) is 18.9 Å². The summed E-state index contributed by atoms with van der Waals surface area (Å²) in [5, 5.41) is 1.94. The molecule has 1 rings (SSSR count). The minimum atomic E-state index is 0.961. The van der Waals surface area contributed by atoms with Crippen molar-refractivity contribution in [3.8, 4) is 0 Å². The molecule has 1 heterocycles. The van der Waals surface area contributed by atoms with E-state index in [2.05, 4.69) is 17.3 Å². The third kappa shape index (κ3) is 0.992. The molecule has 1 aliphatic rings. The number of hydrogen-bond donors (Lipinski definition) is 1. The molecule has 3 heteroatoms. The molecule has 0 aromatic carbocycles. The highest BCUT2D eigenvalue weighted by Crippen LogP contribution is 1.86. The van der Waals surface area contributed by atoms with Gasteiger partial charge in [-0.25, -0.2) is 4.99 Å². The van der Waals surface area contributed by atoms with Gasteiger partial charge in [0.1, 0.15) is 6.34 Å². The zero-order valence-electron chi connectivity index (χ0n) is 4.83. The molecule has 0 aromatic rings. The topological polar surface area (TPSA) is 27.6 Å². The lowest BCUT2D eigenvalue weighted by molar-refractivity contribution is 0.351. The van der Waals surface area contributed by atoms with E-state index in [9.17, 15) is 0 Å². The van der Waals surface area contributed by atoms with Gasteiger partial charge in [-0.15, -0.1) is 0 Å². The molecule has 0 aromatic heterocycles. The van der Waals surface area contributed by atoms with E-state index in [-0.39, 0.29) is 0 Å². The van der Waals surface area contributed by atoms with Crippen molar-refractivity contribution >= 4 is 6.34 Å². The zero-order valence-corrected chi connectivity index (χ0v) is 4.83. The van der Waals surface area contributed by atoms with Crippen molar-refractivity contribution in [2.45, 2.75) is 6.92 Å². The predicted molar refractivity (Wildman–Crippen MR) is 33.1 cm³/mol. The maximum atomic E-state index is 3.82. The Morgan fingerprint density at radius 1 is 1.75 bits per heavy atom. The minimum absolute atomic E-state index is 0.961. The Morgan fingerprint density at radius 2 is 2.62 bits per heavy atom. The van der Waals surface area contributed by atoms with E-state index in [1.54, 1.807) is 12.5 Å². The second kappa shape index (κ2) is 2.35. The van der Waals surface area contributed by atoms with Crippen molar-refractivity contribution < 1.29 is 0 Å². The van der Waals surface area contributed by atoms with Crippen molar-refractivity contribution in [1.82, 2.24) is 10.4 Å². The van der Waals surface area contributed by atoms with Gasteiger partial charge in [-0.2, -0.15) is 0 Å². The number of aliphatic imine (C=N–C) groups is 1. The number of nitrogens with one attached hydrogen (secondary N) is 1. The molecule has 8 heavy (non-hydrogen) atoms. The minimum Gasteiger partial charge on any atom is -0.293 e. The molecule has 0 aliphatic carbocycles. The maximum absolute atomic E-state index is 3.82. The summed E-state index contributed by atoms with van der Waals surface area (Å²) in [6, 6.07) is 0. The van der Waals surface area contributed by atoms with E-state index in [0.29, 0.717) is 0 Å². The first-order chi connectivity index (χ1) is 3.93. The fraction of sp³-hybridized carbons (Fsp3) is 0.400. The molecule has 0 saturated heterocycles. The Labute approximate surface area is 48.7 Å². The lowest BCUT2D eigenvalue weighted by atomic mass is 10.7. The lowest BCUT2D eigenvalue weighted by Crippen LogP contribution is -2.33.